The number of amides is 1. The number of ether oxygens (including phenoxy) is 2. The number of benzene rings is 2. The summed E-state index contributed by atoms with van der Waals surface area (Å²) in [7, 11) is -7.26. The van der Waals surface area contributed by atoms with Crippen LogP contribution in [0.2, 0.25) is 0 Å². The van der Waals surface area contributed by atoms with Gasteiger partial charge in [0, 0.05) is 18.8 Å². The Morgan fingerprint density at radius 2 is 1.66 bits per heavy atom. The Bertz CT molecular complexity index is 1210. The van der Waals surface area contributed by atoms with Gasteiger partial charge in [-0.15, -0.1) is 0 Å². The van der Waals surface area contributed by atoms with Crippen molar-refractivity contribution in [3.63, 3.8) is 0 Å². The van der Waals surface area contributed by atoms with Crippen molar-refractivity contribution in [2.75, 3.05) is 48.7 Å². The molecule has 1 N–H and O–H groups in total. The maximum Gasteiger partial charge on any atom is 0.267 e. The number of nitrogens with zero attached hydrogens (tertiary/aromatic N) is 2. The number of nitrogens with one attached hydrogen (secondary N) is 1. The number of hydrogen-bond acceptors (Lipinski definition) is 7. The van der Waals surface area contributed by atoms with E-state index in [0.717, 1.165) is 10.6 Å². The largest absolute Gasteiger partial charge is 0.476 e. The third-order valence-corrected chi connectivity index (χ3v) is 8.22. The molecule has 1 fully saturated rings. The summed E-state index contributed by atoms with van der Waals surface area (Å²) in [5, 5.41) is 2.66. The minimum atomic E-state index is -3.64. The van der Waals surface area contributed by atoms with Crippen LogP contribution in [-0.2, 0) is 29.6 Å². The van der Waals surface area contributed by atoms with E-state index >= 15 is 0 Å². The molecular formula is C20H23N3O7S2. The molecule has 0 aliphatic carbocycles. The molecule has 0 aromatic heterocycles. The van der Waals surface area contributed by atoms with Crippen LogP contribution in [0.4, 0.5) is 11.4 Å². The van der Waals surface area contributed by atoms with Crippen LogP contribution >= 0.6 is 0 Å². The highest BCUT2D eigenvalue weighted by Gasteiger charge is 2.35. The molecule has 4 rings (SSSR count). The Morgan fingerprint density at radius 3 is 2.31 bits per heavy atom. The molecule has 12 heteroatoms. The summed E-state index contributed by atoms with van der Waals surface area (Å²) in [6, 6.07) is 12.4. The van der Waals surface area contributed by atoms with Gasteiger partial charge in [-0.1, -0.05) is 12.1 Å². The second-order valence-corrected chi connectivity index (χ2v) is 11.2. The van der Waals surface area contributed by atoms with Gasteiger partial charge in [0.2, 0.25) is 20.0 Å². The van der Waals surface area contributed by atoms with Gasteiger partial charge in [0.25, 0.3) is 5.91 Å². The van der Waals surface area contributed by atoms with Crippen molar-refractivity contribution in [3.8, 4) is 5.75 Å². The predicted octanol–water partition coefficient (Wildman–Crippen LogP) is 0.873. The van der Waals surface area contributed by atoms with Crippen LogP contribution in [0, 0.1) is 0 Å². The lowest BCUT2D eigenvalue weighted by atomic mass is 10.2. The zero-order valence-electron chi connectivity index (χ0n) is 17.3. The highest BCUT2D eigenvalue weighted by molar-refractivity contribution is 7.92. The Morgan fingerprint density at radius 1 is 1.00 bits per heavy atom. The van der Waals surface area contributed by atoms with E-state index in [2.05, 4.69) is 5.32 Å². The third kappa shape index (κ3) is 4.58. The minimum Gasteiger partial charge on any atom is -0.476 e. The summed E-state index contributed by atoms with van der Waals surface area (Å²) < 4.78 is 63.2. The van der Waals surface area contributed by atoms with Crippen LogP contribution in [0.5, 0.6) is 5.75 Å². The second kappa shape index (κ2) is 8.70. The maximum atomic E-state index is 12.8. The van der Waals surface area contributed by atoms with Crippen LogP contribution in [0.3, 0.4) is 0 Å². The first-order chi connectivity index (χ1) is 15.2. The highest BCUT2D eigenvalue weighted by Crippen LogP contribution is 2.34. The van der Waals surface area contributed by atoms with Gasteiger partial charge in [-0.25, -0.2) is 16.8 Å². The SMILES string of the molecule is CS(=O)(=O)N1CC(C(=O)Nc2ccc(S(=O)(=O)N3CCOCC3)cc2)Oc2ccccc21. The van der Waals surface area contributed by atoms with E-state index in [1.165, 1.54) is 28.6 Å². The van der Waals surface area contributed by atoms with Crippen LogP contribution in [0.15, 0.2) is 53.4 Å². The zero-order valence-corrected chi connectivity index (χ0v) is 18.9. The molecule has 0 spiro atoms. The average molecular weight is 482 g/mol. The standard InChI is InChI=1S/C20H23N3O7S2/c1-31(25,26)23-14-19(30-18-5-3-2-4-17(18)23)20(24)21-15-6-8-16(9-7-15)32(27,28)22-10-12-29-13-11-22/h2-9,19H,10-14H2,1H3,(H,21,24). The van der Waals surface area contributed by atoms with Gasteiger partial charge in [0.1, 0.15) is 5.75 Å². The van der Waals surface area contributed by atoms with Crippen molar-refractivity contribution in [2.24, 2.45) is 0 Å². The van der Waals surface area contributed by atoms with E-state index in [1.807, 2.05) is 0 Å². The molecule has 2 aromatic carbocycles. The molecule has 2 aliphatic heterocycles. The van der Waals surface area contributed by atoms with E-state index in [1.54, 1.807) is 24.3 Å². The minimum absolute atomic E-state index is 0.114. The van der Waals surface area contributed by atoms with E-state index in [0.29, 0.717) is 24.6 Å². The summed E-state index contributed by atoms with van der Waals surface area (Å²) in [6.07, 6.45) is -0.00564. The van der Waals surface area contributed by atoms with Crippen LogP contribution < -0.4 is 14.4 Å². The topological polar surface area (TPSA) is 122 Å². The molecule has 10 nitrogen and oxygen atoms in total. The van der Waals surface area contributed by atoms with Gasteiger partial charge in [-0.2, -0.15) is 4.31 Å². The number of hydrogen-bond donors (Lipinski definition) is 1. The molecule has 1 unspecified atom stereocenters. The molecule has 2 aromatic rings. The van der Waals surface area contributed by atoms with Gasteiger partial charge in [0.15, 0.2) is 6.10 Å². The number of fused-ring (bicyclic) bond motifs is 1. The smallest absolute Gasteiger partial charge is 0.267 e. The van der Waals surface area contributed by atoms with Crippen LogP contribution in [0.1, 0.15) is 0 Å². The number of rotatable bonds is 5. The normalized spacial score (nSPS) is 19.7. The Labute approximate surface area is 186 Å². The fraction of sp³-hybridized carbons (Fsp3) is 0.350. The summed E-state index contributed by atoms with van der Waals surface area (Å²) in [6.45, 7) is 1.10. The predicted molar refractivity (Wildman–Crippen MR) is 118 cm³/mol. The van der Waals surface area contributed by atoms with Crippen molar-refractivity contribution in [1.29, 1.82) is 0 Å². The molecule has 172 valence electrons. The molecule has 2 heterocycles. The monoisotopic (exact) mass is 481 g/mol. The fourth-order valence-electron chi connectivity index (χ4n) is 3.52. The Balaban J connectivity index is 1.48. The lowest BCUT2D eigenvalue weighted by Crippen LogP contribution is -2.48. The van der Waals surface area contributed by atoms with E-state index in [4.69, 9.17) is 9.47 Å². The Hall–Kier alpha value is -2.67. The molecule has 32 heavy (non-hydrogen) atoms. The molecule has 0 bridgehead atoms. The lowest BCUT2D eigenvalue weighted by Gasteiger charge is -2.33. The van der Waals surface area contributed by atoms with Gasteiger partial charge in [0.05, 0.1) is 36.6 Å². The summed E-state index contributed by atoms with van der Waals surface area (Å²) in [5.41, 5.74) is 0.737. The van der Waals surface area contributed by atoms with E-state index < -0.39 is 32.1 Å². The van der Waals surface area contributed by atoms with Crippen molar-refractivity contribution >= 4 is 37.3 Å². The summed E-state index contributed by atoms with van der Waals surface area (Å²) >= 11 is 0. The highest BCUT2D eigenvalue weighted by atomic mass is 32.2. The average Bonchev–Trinajstić information content (AvgIpc) is 2.78. The van der Waals surface area contributed by atoms with Crippen molar-refractivity contribution in [3.05, 3.63) is 48.5 Å². The maximum absolute atomic E-state index is 12.8. The lowest BCUT2D eigenvalue weighted by molar-refractivity contribution is -0.122. The van der Waals surface area contributed by atoms with Crippen LogP contribution in [0.25, 0.3) is 0 Å². The molecular weight excluding hydrogens is 458 g/mol. The third-order valence-electron chi connectivity index (χ3n) is 5.16. The van der Waals surface area contributed by atoms with E-state index in [9.17, 15) is 21.6 Å². The number of morpholine rings is 1. The molecule has 1 atom stereocenters. The van der Waals surface area contributed by atoms with Gasteiger partial charge >= 0.3 is 0 Å². The number of para-hydroxylation sites is 2. The first-order valence-electron chi connectivity index (χ1n) is 9.88. The van der Waals surface area contributed by atoms with Crippen LogP contribution in [-0.4, -0.2) is 72.3 Å². The first kappa shape index (κ1) is 22.5. The van der Waals surface area contributed by atoms with Crippen molar-refractivity contribution in [1.82, 2.24) is 4.31 Å². The molecule has 0 radical (unpaired) electrons. The number of anilines is 2. The molecule has 2 aliphatic rings. The number of carbonyl (C=O) groups is 1. The summed E-state index contributed by atoms with van der Waals surface area (Å²) in [5.74, 6) is -0.256. The van der Waals surface area contributed by atoms with Gasteiger partial charge < -0.3 is 14.8 Å². The number of sulfonamides is 2. The second-order valence-electron chi connectivity index (χ2n) is 7.40. The molecule has 0 saturated carbocycles. The zero-order chi connectivity index (χ0) is 22.9. The summed E-state index contributed by atoms with van der Waals surface area (Å²) in [4.78, 5) is 12.9. The van der Waals surface area contributed by atoms with Crippen molar-refractivity contribution < 1.29 is 31.1 Å². The number of carbonyl (C=O) groups excluding carboxylic acids is 1. The Kier molecular flexibility index (Phi) is 6.12. The first-order valence-corrected chi connectivity index (χ1v) is 13.2. The van der Waals surface area contributed by atoms with E-state index in [-0.39, 0.29) is 30.3 Å². The molecule has 1 amide bonds. The fourth-order valence-corrected chi connectivity index (χ4v) is 5.84. The molecule has 1 saturated heterocycles. The van der Waals surface area contributed by atoms with Gasteiger partial charge in [-0.05, 0) is 36.4 Å². The van der Waals surface area contributed by atoms with Gasteiger partial charge in [-0.3, -0.25) is 9.10 Å². The van der Waals surface area contributed by atoms with Crippen molar-refractivity contribution in [2.45, 2.75) is 11.0 Å². The quantitative estimate of drug-likeness (QED) is 0.672.